The summed E-state index contributed by atoms with van der Waals surface area (Å²) in [5.41, 5.74) is 1.23. The molecule has 1 rings (SSSR count). The molecule has 0 spiro atoms. The summed E-state index contributed by atoms with van der Waals surface area (Å²) < 4.78 is 0. The predicted octanol–water partition coefficient (Wildman–Crippen LogP) is 1.12. The molecule has 0 aromatic carbocycles. The zero-order valence-corrected chi connectivity index (χ0v) is 6.09. The van der Waals surface area contributed by atoms with E-state index >= 15 is 0 Å². The molecule has 3 heteroatoms. The molecule has 0 saturated heterocycles. The summed E-state index contributed by atoms with van der Waals surface area (Å²) in [7, 11) is 0.768. The van der Waals surface area contributed by atoms with E-state index < -0.39 is 0 Å². The Kier molecular flexibility index (Phi) is 2.62. The number of hydrogen-bond donors (Lipinski definition) is 2. The minimum absolute atomic E-state index is 0.210. The topological polar surface area (TPSA) is 32.3 Å². The monoisotopic (exact) mass is 143 g/mol. The maximum Gasteiger partial charge on any atom is 0.0604 e. The smallest absolute Gasteiger partial charge is 0.0604 e. The van der Waals surface area contributed by atoms with Crippen LogP contribution in [0.1, 0.15) is 0 Å². The van der Waals surface area contributed by atoms with Crippen molar-refractivity contribution in [1.29, 1.82) is 0 Å². The van der Waals surface area contributed by atoms with Crippen LogP contribution in [0.4, 0.5) is 5.42 Å². The normalized spacial score (nSPS) is 10.3. The van der Waals surface area contributed by atoms with Gasteiger partial charge in [-0.25, -0.2) is 0 Å². The molecule has 1 heterocycles. The predicted molar refractivity (Wildman–Crippen MR) is 41.5 cm³/mol. The van der Waals surface area contributed by atoms with Crippen LogP contribution in [0.2, 0.25) is 0 Å². The summed E-state index contributed by atoms with van der Waals surface area (Å²) in [6.07, 6.45) is 0. The summed E-state index contributed by atoms with van der Waals surface area (Å²) in [6.45, 7) is 0.877. The van der Waals surface area contributed by atoms with Gasteiger partial charge in [-0.1, -0.05) is 6.07 Å². The molecule has 0 saturated carbocycles. The largest absolute Gasteiger partial charge is 0.395 e. The van der Waals surface area contributed by atoms with E-state index in [1.54, 1.807) is 0 Å². The average molecular weight is 143 g/mol. The molecule has 9 heavy (non-hydrogen) atoms. The van der Waals surface area contributed by atoms with Crippen molar-refractivity contribution in [3.8, 4) is 0 Å². The lowest BCUT2D eigenvalue weighted by molar-refractivity contribution is 0.311. The maximum atomic E-state index is 8.42. The van der Waals surface area contributed by atoms with Gasteiger partial charge in [0.05, 0.1) is 12.0 Å². The van der Waals surface area contributed by atoms with Gasteiger partial charge >= 0.3 is 0 Å². The van der Waals surface area contributed by atoms with Crippen molar-refractivity contribution in [2.75, 3.05) is 18.5 Å². The second kappa shape index (κ2) is 3.54. The quantitative estimate of drug-likeness (QED) is 0.664. The zero-order valence-electron chi connectivity index (χ0n) is 5.09. The van der Waals surface area contributed by atoms with Crippen molar-refractivity contribution in [3.05, 3.63) is 17.9 Å². The molecule has 0 fully saturated rings. The SMILES string of the molecule is OCCNc1ccc[pH]1. The van der Waals surface area contributed by atoms with Crippen LogP contribution in [-0.2, 0) is 0 Å². The fourth-order valence-electron chi connectivity index (χ4n) is 0.631. The Labute approximate surface area is 56.0 Å². The van der Waals surface area contributed by atoms with Crippen molar-refractivity contribution in [1.82, 2.24) is 0 Å². The highest BCUT2D eigenvalue weighted by Gasteiger charge is 1.85. The highest BCUT2D eigenvalue weighted by molar-refractivity contribution is 7.33. The molecule has 0 aliphatic carbocycles. The van der Waals surface area contributed by atoms with E-state index in [2.05, 4.69) is 11.1 Å². The van der Waals surface area contributed by atoms with Crippen LogP contribution >= 0.6 is 8.19 Å². The van der Waals surface area contributed by atoms with Crippen molar-refractivity contribution < 1.29 is 5.11 Å². The van der Waals surface area contributed by atoms with Crippen LogP contribution in [-0.4, -0.2) is 18.3 Å². The van der Waals surface area contributed by atoms with Crippen molar-refractivity contribution in [3.63, 3.8) is 0 Å². The number of aliphatic hydroxyl groups is 1. The van der Waals surface area contributed by atoms with Crippen LogP contribution in [0.25, 0.3) is 0 Å². The number of anilines is 1. The summed E-state index contributed by atoms with van der Waals surface area (Å²) in [5, 5.41) is 11.5. The average Bonchev–Trinajstić information content (AvgIpc) is 2.34. The van der Waals surface area contributed by atoms with Gasteiger partial charge in [0.15, 0.2) is 0 Å². The van der Waals surface area contributed by atoms with Gasteiger partial charge in [-0.3, -0.25) is 0 Å². The second-order valence-electron chi connectivity index (χ2n) is 1.73. The zero-order chi connectivity index (χ0) is 6.53. The van der Waals surface area contributed by atoms with Gasteiger partial charge < -0.3 is 10.4 Å². The first-order chi connectivity index (χ1) is 4.43. The molecule has 1 atom stereocenters. The van der Waals surface area contributed by atoms with Gasteiger partial charge in [-0.05, 0) is 11.9 Å². The molecule has 1 aromatic heterocycles. The fourth-order valence-corrected chi connectivity index (χ4v) is 1.42. The molecule has 0 amide bonds. The number of nitrogens with one attached hydrogen (secondary N) is 1. The molecule has 2 nitrogen and oxygen atoms in total. The maximum absolute atomic E-state index is 8.42. The van der Waals surface area contributed by atoms with Gasteiger partial charge in [0.1, 0.15) is 0 Å². The number of rotatable bonds is 3. The van der Waals surface area contributed by atoms with E-state index in [0.717, 1.165) is 8.19 Å². The van der Waals surface area contributed by atoms with E-state index in [4.69, 9.17) is 5.11 Å². The summed E-state index contributed by atoms with van der Waals surface area (Å²) in [4.78, 5) is 0. The third kappa shape index (κ3) is 2.08. The third-order valence-electron chi connectivity index (χ3n) is 1.03. The molecule has 2 N–H and O–H groups in total. The molecule has 50 valence electrons. The van der Waals surface area contributed by atoms with Gasteiger partial charge in [0.2, 0.25) is 0 Å². The van der Waals surface area contributed by atoms with Crippen LogP contribution in [0.5, 0.6) is 0 Å². The number of aliphatic hydroxyl groups excluding tert-OH is 1. The second-order valence-corrected chi connectivity index (χ2v) is 2.89. The lowest BCUT2D eigenvalue weighted by Gasteiger charge is -1.97. The van der Waals surface area contributed by atoms with Gasteiger partial charge in [-0.2, -0.15) is 0 Å². The van der Waals surface area contributed by atoms with E-state index in [-0.39, 0.29) is 6.61 Å². The standard InChI is InChI=1S/C6H10NOP/c8-4-3-7-6-2-1-5-9-6/h1-2,5,7-9H,3-4H2. The Balaban J connectivity index is 2.30. The van der Waals surface area contributed by atoms with Gasteiger partial charge in [0.25, 0.3) is 0 Å². The van der Waals surface area contributed by atoms with Gasteiger partial charge in [-0.15, -0.1) is 8.19 Å². The summed E-state index contributed by atoms with van der Waals surface area (Å²) in [6, 6.07) is 4.06. The molecule has 0 aliphatic rings. The molecule has 1 unspecified atom stereocenters. The first-order valence-electron chi connectivity index (χ1n) is 2.91. The van der Waals surface area contributed by atoms with Crippen molar-refractivity contribution in [2.24, 2.45) is 0 Å². The molecule has 1 aromatic rings. The summed E-state index contributed by atoms with van der Waals surface area (Å²) in [5.74, 6) is 2.11. The minimum Gasteiger partial charge on any atom is -0.395 e. The fraction of sp³-hybridized carbons (Fsp3) is 0.333. The first-order valence-corrected chi connectivity index (χ1v) is 3.99. The molecular weight excluding hydrogens is 133 g/mol. The lowest BCUT2D eigenvalue weighted by atomic mass is 10.6. The Bertz CT molecular complexity index is 150. The van der Waals surface area contributed by atoms with Crippen LogP contribution in [0.15, 0.2) is 17.9 Å². The third-order valence-corrected chi connectivity index (χ3v) is 2.04. The Morgan fingerprint density at radius 2 is 2.56 bits per heavy atom. The molecule has 0 radical (unpaired) electrons. The Morgan fingerprint density at radius 3 is 3.11 bits per heavy atom. The molecule has 0 bridgehead atoms. The Morgan fingerprint density at radius 1 is 1.67 bits per heavy atom. The van der Waals surface area contributed by atoms with Crippen LogP contribution in [0.3, 0.4) is 0 Å². The van der Waals surface area contributed by atoms with E-state index in [1.165, 1.54) is 5.42 Å². The Hall–Kier alpha value is -0.460. The highest BCUT2D eigenvalue weighted by atomic mass is 31.0. The van der Waals surface area contributed by atoms with Crippen LogP contribution in [0, 0.1) is 0 Å². The van der Waals surface area contributed by atoms with Crippen molar-refractivity contribution >= 4 is 13.6 Å². The van der Waals surface area contributed by atoms with E-state index in [1.807, 2.05) is 12.1 Å². The molecular formula is C6H10NOP. The molecule has 0 aliphatic heterocycles. The minimum atomic E-state index is 0.210. The number of hydrogen-bond acceptors (Lipinski definition) is 2. The van der Waals surface area contributed by atoms with Crippen LogP contribution < -0.4 is 5.32 Å². The van der Waals surface area contributed by atoms with Crippen molar-refractivity contribution in [2.45, 2.75) is 0 Å². The van der Waals surface area contributed by atoms with E-state index in [0.29, 0.717) is 6.54 Å². The van der Waals surface area contributed by atoms with E-state index in [9.17, 15) is 0 Å². The lowest BCUT2D eigenvalue weighted by Crippen LogP contribution is -2.03. The first kappa shape index (κ1) is 6.66. The summed E-state index contributed by atoms with van der Waals surface area (Å²) >= 11 is 0. The van der Waals surface area contributed by atoms with Gasteiger partial charge in [0, 0.05) is 6.54 Å². The highest BCUT2D eigenvalue weighted by Crippen LogP contribution is 2.19.